The van der Waals surface area contributed by atoms with E-state index in [1.807, 2.05) is 0 Å². The molecule has 1 aromatic carbocycles. The van der Waals surface area contributed by atoms with Gasteiger partial charge in [-0.05, 0) is 37.9 Å². The average Bonchev–Trinajstić information content (AvgIpc) is 2.53. The molecule has 0 saturated carbocycles. The fraction of sp³-hybridized carbons (Fsp3) is 0.429. The topological polar surface area (TPSA) is 113 Å². The Morgan fingerprint density at radius 3 is 2.86 bits per heavy atom. The van der Waals surface area contributed by atoms with Crippen LogP contribution in [0.2, 0.25) is 0 Å². The van der Waals surface area contributed by atoms with Gasteiger partial charge in [0.1, 0.15) is 0 Å². The van der Waals surface area contributed by atoms with Gasteiger partial charge in [0.2, 0.25) is 5.95 Å². The number of nitrogens with zero attached hydrogens (tertiary/aromatic N) is 2. The molecular weight excluding hydrogens is 286 g/mol. The second-order valence-corrected chi connectivity index (χ2v) is 5.45. The van der Waals surface area contributed by atoms with Crippen molar-refractivity contribution in [3.8, 4) is 0 Å². The number of rotatable bonds is 4. The molecule has 8 heteroatoms. The molecule has 8 nitrogen and oxygen atoms in total. The minimum atomic E-state index is -0.526. The molecule has 0 atom stereocenters. The number of piperidine rings is 1. The summed E-state index contributed by atoms with van der Waals surface area (Å²) in [6.07, 6.45) is 2.19. The number of hydrogen-bond donors (Lipinski definition) is 3. The van der Waals surface area contributed by atoms with E-state index >= 15 is 0 Å². The zero-order chi connectivity index (χ0) is 15.5. The molecule has 0 bridgehead atoms. The Balaban J connectivity index is 1.81. The van der Waals surface area contributed by atoms with Gasteiger partial charge in [0.25, 0.3) is 11.2 Å². The van der Waals surface area contributed by atoms with Gasteiger partial charge < -0.3 is 10.6 Å². The van der Waals surface area contributed by atoms with Crippen LogP contribution in [0, 0.1) is 16.0 Å². The summed E-state index contributed by atoms with van der Waals surface area (Å²) in [6.45, 7) is 2.78. The van der Waals surface area contributed by atoms with Crippen molar-refractivity contribution in [2.24, 2.45) is 5.92 Å². The maximum absolute atomic E-state index is 12.1. The summed E-state index contributed by atoms with van der Waals surface area (Å²) in [5.74, 6) is 0.962. The zero-order valence-electron chi connectivity index (χ0n) is 12.0. The maximum atomic E-state index is 12.1. The van der Waals surface area contributed by atoms with E-state index in [2.05, 4.69) is 20.6 Å². The standard InChI is InChI=1S/C14H17N5O3/c20-13-11-7-10(19(21)22)1-2-12(11)17-14(18-13)16-8-9-3-5-15-6-4-9/h1-2,7,9,15H,3-6,8H2,(H2,16,17,18,20). The highest BCUT2D eigenvalue weighted by molar-refractivity contribution is 5.80. The average molecular weight is 303 g/mol. The maximum Gasteiger partial charge on any atom is 0.270 e. The highest BCUT2D eigenvalue weighted by Gasteiger charge is 2.14. The number of nitro groups is 1. The number of H-pyrrole nitrogens is 1. The SMILES string of the molecule is O=c1[nH]c(NCC2CCNCC2)nc2ccc([N+](=O)[O-])cc12. The van der Waals surface area contributed by atoms with Gasteiger partial charge in [-0.1, -0.05) is 0 Å². The van der Waals surface area contributed by atoms with E-state index in [-0.39, 0.29) is 16.6 Å². The quantitative estimate of drug-likeness (QED) is 0.578. The van der Waals surface area contributed by atoms with Crippen LogP contribution in [0.25, 0.3) is 10.9 Å². The van der Waals surface area contributed by atoms with Crippen molar-refractivity contribution in [2.75, 3.05) is 25.0 Å². The van der Waals surface area contributed by atoms with Gasteiger partial charge in [-0.25, -0.2) is 4.98 Å². The Labute approximate surface area is 126 Å². The number of aromatic amines is 1. The molecule has 3 rings (SSSR count). The number of nitro benzene ring substituents is 1. The van der Waals surface area contributed by atoms with Crippen molar-refractivity contribution >= 4 is 22.5 Å². The monoisotopic (exact) mass is 303 g/mol. The van der Waals surface area contributed by atoms with Crippen molar-refractivity contribution in [2.45, 2.75) is 12.8 Å². The van der Waals surface area contributed by atoms with E-state index in [1.54, 1.807) is 0 Å². The molecule has 0 aliphatic carbocycles. The van der Waals surface area contributed by atoms with Crippen molar-refractivity contribution < 1.29 is 4.92 Å². The summed E-state index contributed by atoms with van der Waals surface area (Å²) >= 11 is 0. The lowest BCUT2D eigenvalue weighted by Crippen LogP contribution is -2.31. The van der Waals surface area contributed by atoms with E-state index < -0.39 is 4.92 Å². The highest BCUT2D eigenvalue weighted by atomic mass is 16.6. The van der Waals surface area contributed by atoms with Crippen LogP contribution >= 0.6 is 0 Å². The minimum Gasteiger partial charge on any atom is -0.355 e. The Hall–Kier alpha value is -2.48. The zero-order valence-corrected chi connectivity index (χ0v) is 12.0. The first-order valence-electron chi connectivity index (χ1n) is 7.26. The Morgan fingerprint density at radius 2 is 2.14 bits per heavy atom. The normalized spacial score (nSPS) is 15.8. The number of hydrogen-bond acceptors (Lipinski definition) is 6. The van der Waals surface area contributed by atoms with E-state index in [4.69, 9.17) is 0 Å². The van der Waals surface area contributed by atoms with Gasteiger partial charge in [-0.15, -0.1) is 0 Å². The lowest BCUT2D eigenvalue weighted by Gasteiger charge is -2.22. The molecule has 0 amide bonds. The van der Waals surface area contributed by atoms with Crippen molar-refractivity contribution in [3.05, 3.63) is 38.7 Å². The number of non-ortho nitro benzene ring substituents is 1. The fourth-order valence-corrected chi connectivity index (χ4v) is 2.65. The van der Waals surface area contributed by atoms with Gasteiger partial charge in [-0.3, -0.25) is 19.9 Å². The largest absolute Gasteiger partial charge is 0.355 e. The highest BCUT2D eigenvalue weighted by Crippen LogP contribution is 2.18. The van der Waals surface area contributed by atoms with E-state index in [0.29, 0.717) is 17.4 Å². The second kappa shape index (κ2) is 6.10. The molecule has 0 unspecified atom stereocenters. The van der Waals surface area contributed by atoms with Gasteiger partial charge in [0, 0.05) is 18.7 Å². The third-order valence-electron chi connectivity index (χ3n) is 3.92. The van der Waals surface area contributed by atoms with Crippen LogP contribution in [-0.2, 0) is 0 Å². The molecule has 2 heterocycles. The van der Waals surface area contributed by atoms with Crippen LogP contribution in [0.1, 0.15) is 12.8 Å². The van der Waals surface area contributed by atoms with Crippen molar-refractivity contribution in [1.82, 2.24) is 15.3 Å². The first kappa shape index (κ1) is 14.5. The van der Waals surface area contributed by atoms with Gasteiger partial charge in [-0.2, -0.15) is 0 Å². The van der Waals surface area contributed by atoms with Crippen LogP contribution in [0.3, 0.4) is 0 Å². The molecule has 1 aliphatic rings. The summed E-state index contributed by atoms with van der Waals surface area (Å²) in [4.78, 5) is 29.2. The molecule has 1 fully saturated rings. The minimum absolute atomic E-state index is 0.116. The molecule has 0 radical (unpaired) electrons. The van der Waals surface area contributed by atoms with Gasteiger partial charge in [0.05, 0.1) is 15.8 Å². The smallest absolute Gasteiger partial charge is 0.270 e. The van der Waals surface area contributed by atoms with Crippen LogP contribution in [0.5, 0.6) is 0 Å². The molecule has 1 aromatic heterocycles. The van der Waals surface area contributed by atoms with Gasteiger partial charge in [0.15, 0.2) is 0 Å². The number of nitrogens with one attached hydrogen (secondary N) is 3. The molecular formula is C14H17N5O3. The molecule has 22 heavy (non-hydrogen) atoms. The summed E-state index contributed by atoms with van der Waals surface area (Å²) in [7, 11) is 0. The summed E-state index contributed by atoms with van der Waals surface area (Å²) < 4.78 is 0. The molecule has 3 N–H and O–H groups in total. The first-order valence-corrected chi connectivity index (χ1v) is 7.26. The van der Waals surface area contributed by atoms with Crippen molar-refractivity contribution in [1.29, 1.82) is 0 Å². The second-order valence-electron chi connectivity index (χ2n) is 5.45. The summed E-state index contributed by atoms with van der Waals surface area (Å²) in [6, 6.07) is 4.10. The van der Waals surface area contributed by atoms with Crippen LogP contribution in [0.4, 0.5) is 11.6 Å². The first-order chi connectivity index (χ1) is 10.6. The van der Waals surface area contributed by atoms with E-state index in [9.17, 15) is 14.9 Å². The molecule has 1 aliphatic heterocycles. The Kier molecular flexibility index (Phi) is 4.01. The Morgan fingerprint density at radius 1 is 1.36 bits per heavy atom. The van der Waals surface area contributed by atoms with Crippen LogP contribution in [0.15, 0.2) is 23.0 Å². The van der Waals surface area contributed by atoms with E-state index in [1.165, 1.54) is 18.2 Å². The summed E-state index contributed by atoms with van der Waals surface area (Å²) in [5.41, 5.74) is -0.0427. The van der Waals surface area contributed by atoms with Crippen LogP contribution in [-0.4, -0.2) is 34.5 Å². The number of anilines is 1. The van der Waals surface area contributed by atoms with Crippen molar-refractivity contribution in [3.63, 3.8) is 0 Å². The Bertz CT molecular complexity index is 752. The number of fused-ring (bicyclic) bond motifs is 1. The van der Waals surface area contributed by atoms with Crippen LogP contribution < -0.4 is 16.2 Å². The molecule has 0 spiro atoms. The third kappa shape index (κ3) is 3.06. The van der Waals surface area contributed by atoms with Gasteiger partial charge >= 0.3 is 0 Å². The molecule has 116 valence electrons. The fourth-order valence-electron chi connectivity index (χ4n) is 2.65. The molecule has 2 aromatic rings. The summed E-state index contributed by atoms with van der Waals surface area (Å²) in [5, 5.41) is 17.4. The lowest BCUT2D eigenvalue weighted by molar-refractivity contribution is -0.384. The predicted octanol–water partition coefficient (Wildman–Crippen LogP) is 1.24. The number of benzene rings is 1. The lowest BCUT2D eigenvalue weighted by atomic mass is 9.98. The third-order valence-corrected chi connectivity index (χ3v) is 3.92. The number of aromatic nitrogens is 2. The predicted molar refractivity (Wildman–Crippen MR) is 83.1 cm³/mol. The van der Waals surface area contributed by atoms with E-state index in [0.717, 1.165) is 32.5 Å². The molecule has 1 saturated heterocycles.